The highest BCUT2D eigenvalue weighted by Crippen LogP contribution is 2.17. The first kappa shape index (κ1) is 14.4. The van der Waals surface area contributed by atoms with Crippen molar-refractivity contribution in [3.63, 3.8) is 0 Å². The second kappa shape index (κ2) is 6.40. The van der Waals surface area contributed by atoms with Crippen LogP contribution in [0, 0.1) is 0 Å². The van der Waals surface area contributed by atoms with Crippen LogP contribution in [0.3, 0.4) is 0 Å². The molecule has 1 atom stereocenters. The van der Waals surface area contributed by atoms with Gasteiger partial charge in [-0.3, -0.25) is 4.90 Å². The Bertz CT molecular complexity index is 545. The van der Waals surface area contributed by atoms with E-state index in [9.17, 15) is 4.79 Å². The monoisotopic (exact) mass is 278 g/mol. The Morgan fingerprint density at radius 1 is 1.40 bits per heavy atom. The van der Waals surface area contributed by atoms with Gasteiger partial charge in [0.2, 0.25) is 5.76 Å². The van der Waals surface area contributed by atoms with E-state index >= 15 is 0 Å². The smallest absolute Gasteiger partial charge is 0.371 e. The molecule has 0 radical (unpaired) electrons. The highest BCUT2D eigenvalue weighted by molar-refractivity contribution is 5.84. The molecule has 0 saturated carbocycles. The van der Waals surface area contributed by atoms with Crippen LogP contribution in [-0.4, -0.2) is 36.6 Å². The molecule has 0 saturated heterocycles. The van der Waals surface area contributed by atoms with E-state index in [1.807, 2.05) is 26.2 Å². The van der Waals surface area contributed by atoms with E-state index in [1.165, 1.54) is 6.07 Å². The van der Waals surface area contributed by atoms with E-state index in [1.54, 1.807) is 12.3 Å². The number of nitrogens with zero attached hydrogens (tertiary/aromatic N) is 1. The van der Waals surface area contributed by atoms with Crippen molar-refractivity contribution in [2.75, 3.05) is 20.6 Å². The van der Waals surface area contributed by atoms with Gasteiger partial charge in [0.25, 0.3) is 0 Å². The van der Waals surface area contributed by atoms with Gasteiger partial charge < -0.3 is 19.3 Å². The van der Waals surface area contributed by atoms with Gasteiger partial charge in [0.05, 0.1) is 18.8 Å². The average molecular weight is 278 g/mol. The number of furan rings is 2. The summed E-state index contributed by atoms with van der Waals surface area (Å²) in [5.74, 6) is 0.377. The topological polar surface area (TPSA) is 78.9 Å². The van der Waals surface area contributed by atoms with Crippen LogP contribution in [0.2, 0.25) is 0 Å². The first-order chi connectivity index (χ1) is 9.58. The molecule has 0 spiro atoms. The molecule has 2 aromatic heterocycles. The number of nitrogens with one attached hydrogen (secondary N) is 1. The zero-order valence-electron chi connectivity index (χ0n) is 11.5. The second-order valence-corrected chi connectivity index (χ2v) is 4.70. The van der Waals surface area contributed by atoms with Crippen molar-refractivity contribution in [2.45, 2.75) is 12.6 Å². The lowest BCUT2D eigenvalue weighted by Gasteiger charge is -2.22. The van der Waals surface area contributed by atoms with Crippen molar-refractivity contribution >= 4 is 5.97 Å². The van der Waals surface area contributed by atoms with Crippen LogP contribution < -0.4 is 5.32 Å². The van der Waals surface area contributed by atoms with Crippen LogP contribution in [0.5, 0.6) is 0 Å². The molecule has 2 heterocycles. The first-order valence-corrected chi connectivity index (χ1v) is 6.30. The molecule has 6 heteroatoms. The summed E-state index contributed by atoms with van der Waals surface area (Å²) in [6.45, 7) is 1.14. The maximum atomic E-state index is 10.7. The van der Waals surface area contributed by atoms with Crippen molar-refractivity contribution in [1.29, 1.82) is 0 Å². The fourth-order valence-electron chi connectivity index (χ4n) is 1.94. The number of carboxylic acids is 1. The predicted molar refractivity (Wildman–Crippen MR) is 72.5 cm³/mol. The summed E-state index contributed by atoms with van der Waals surface area (Å²) in [5, 5.41) is 12.0. The van der Waals surface area contributed by atoms with Crippen LogP contribution >= 0.6 is 0 Å². The van der Waals surface area contributed by atoms with Gasteiger partial charge in [-0.05, 0) is 38.4 Å². The van der Waals surface area contributed by atoms with Crippen molar-refractivity contribution in [3.8, 4) is 0 Å². The number of carboxylic acid groups (broad SMARTS) is 1. The molecule has 0 aliphatic rings. The van der Waals surface area contributed by atoms with Crippen LogP contribution in [0.1, 0.15) is 28.1 Å². The third-order valence-electron chi connectivity index (χ3n) is 3.00. The van der Waals surface area contributed by atoms with Crippen LogP contribution in [0.15, 0.2) is 39.4 Å². The fourth-order valence-corrected chi connectivity index (χ4v) is 1.94. The normalized spacial score (nSPS) is 12.8. The average Bonchev–Trinajstić information content (AvgIpc) is 3.05. The van der Waals surface area contributed by atoms with E-state index in [4.69, 9.17) is 13.9 Å². The van der Waals surface area contributed by atoms with Gasteiger partial charge in [0, 0.05) is 6.54 Å². The molecule has 108 valence electrons. The minimum Gasteiger partial charge on any atom is -0.475 e. The van der Waals surface area contributed by atoms with Gasteiger partial charge in [0.15, 0.2) is 0 Å². The molecular formula is C14H18N2O4. The Morgan fingerprint density at radius 2 is 2.20 bits per heavy atom. The van der Waals surface area contributed by atoms with Gasteiger partial charge in [-0.1, -0.05) is 0 Å². The Hall–Kier alpha value is -2.05. The van der Waals surface area contributed by atoms with Crippen LogP contribution in [0.4, 0.5) is 0 Å². The van der Waals surface area contributed by atoms with Gasteiger partial charge in [0.1, 0.15) is 11.5 Å². The SMILES string of the molecule is CN(C)C(CNCc1ccc(C(=O)O)o1)c1ccco1. The van der Waals surface area contributed by atoms with Crippen molar-refractivity contribution in [3.05, 3.63) is 47.8 Å². The predicted octanol–water partition coefficient (Wildman–Crippen LogP) is 1.96. The number of carbonyl (C=O) groups is 1. The molecule has 20 heavy (non-hydrogen) atoms. The van der Waals surface area contributed by atoms with Gasteiger partial charge in [-0.15, -0.1) is 0 Å². The quantitative estimate of drug-likeness (QED) is 0.806. The van der Waals surface area contributed by atoms with Crippen molar-refractivity contribution < 1.29 is 18.7 Å². The summed E-state index contributed by atoms with van der Waals surface area (Å²) in [5.41, 5.74) is 0. The lowest BCUT2D eigenvalue weighted by molar-refractivity contribution is 0.0660. The highest BCUT2D eigenvalue weighted by atomic mass is 16.4. The third-order valence-corrected chi connectivity index (χ3v) is 3.00. The maximum Gasteiger partial charge on any atom is 0.371 e. The summed E-state index contributed by atoms with van der Waals surface area (Å²) in [7, 11) is 3.95. The van der Waals surface area contributed by atoms with Crippen molar-refractivity contribution in [1.82, 2.24) is 10.2 Å². The molecule has 0 aliphatic carbocycles. The number of hydrogen-bond acceptors (Lipinski definition) is 5. The molecule has 0 aliphatic heterocycles. The molecule has 2 N–H and O–H groups in total. The zero-order chi connectivity index (χ0) is 14.5. The summed E-state index contributed by atoms with van der Waals surface area (Å²) >= 11 is 0. The fraction of sp³-hybridized carbons (Fsp3) is 0.357. The Morgan fingerprint density at radius 3 is 2.75 bits per heavy atom. The largest absolute Gasteiger partial charge is 0.475 e. The van der Waals surface area contributed by atoms with Gasteiger partial charge in [-0.25, -0.2) is 4.79 Å². The van der Waals surface area contributed by atoms with E-state index in [2.05, 4.69) is 10.2 Å². The number of likely N-dealkylation sites (N-methyl/N-ethyl adjacent to an activating group) is 1. The zero-order valence-corrected chi connectivity index (χ0v) is 11.5. The minimum atomic E-state index is -1.06. The Kier molecular flexibility index (Phi) is 4.60. The molecule has 0 bridgehead atoms. The number of aromatic carboxylic acids is 1. The standard InChI is InChI=1S/C14H18N2O4/c1-16(2)11(12-4-3-7-19-12)9-15-8-10-5-6-13(20-10)14(17)18/h3-7,11,15H,8-9H2,1-2H3,(H,17,18). The first-order valence-electron chi connectivity index (χ1n) is 6.30. The molecule has 2 rings (SSSR count). The summed E-state index contributed by atoms with van der Waals surface area (Å²) in [6.07, 6.45) is 1.65. The number of rotatable bonds is 7. The molecule has 6 nitrogen and oxygen atoms in total. The second-order valence-electron chi connectivity index (χ2n) is 4.70. The Balaban J connectivity index is 1.88. The van der Waals surface area contributed by atoms with Crippen LogP contribution in [0.25, 0.3) is 0 Å². The molecule has 0 aromatic carbocycles. The van der Waals surface area contributed by atoms with Gasteiger partial charge in [-0.2, -0.15) is 0 Å². The Labute approximate surface area is 117 Å². The lowest BCUT2D eigenvalue weighted by Crippen LogP contribution is -2.30. The van der Waals surface area contributed by atoms with Crippen molar-refractivity contribution in [2.24, 2.45) is 0 Å². The third kappa shape index (κ3) is 3.49. The highest BCUT2D eigenvalue weighted by Gasteiger charge is 2.16. The van der Waals surface area contributed by atoms with E-state index in [-0.39, 0.29) is 11.8 Å². The lowest BCUT2D eigenvalue weighted by atomic mass is 10.2. The number of hydrogen-bond donors (Lipinski definition) is 2. The molecule has 2 aromatic rings. The molecular weight excluding hydrogens is 260 g/mol. The molecule has 0 fully saturated rings. The van der Waals surface area contributed by atoms with Crippen LogP contribution in [-0.2, 0) is 6.54 Å². The van der Waals surface area contributed by atoms with E-state index in [0.29, 0.717) is 18.8 Å². The maximum absolute atomic E-state index is 10.7. The van der Waals surface area contributed by atoms with Gasteiger partial charge >= 0.3 is 5.97 Å². The molecule has 0 amide bonds. The summed E-state index contributed by atoms with van der Waals surface area (Å²) < 4.78 is 10.6. The summed E-state index contributed by atoms with van der Waals surface area (Å²) in [4.78, 5) is 12.8. The van der Waals surface area contributed by atoms with E-state index in [0.717, 1.165) is 5.76 Å². The summed E-state index contributed by atoms with van der Waals surface area (Å²) in [6, 6.07) is 7.02. The van der Waals surface area contributed by atoms with E-state index < -0.39 is 5.97 Å². The molecule has 1 unspecified atom stereocenters. The minimum absolute atomic E-state index is 0.0444.